The van der Waals surface area contributed by atoms with E-state index < -0.39 is 17.9 Å². The molecule has 0 aromatic rings. The first-order valence-electron chi connectivity index (χ1n) is 6.83. The molecule has 1 saturated heterocycles. The number of hydrogen-bond acceptors (Lipinski definition) is 3. The summed E-state index contributed by atoms with van der Waals surface area (Å²) in [5.41, 5.74) is 0. The molecule has 0 atom stereocenters. The lowest BCUT2D eigenvalue weighted by molar-refractivity contribution is -0.138. The van der Waals surface area contributed by atoms with Crippen molar-refractivity contribution in [2.45, 2.75) is 45.4 Å². The molecule has 6 heteroatoms. The highest BCUT2D eigenvalue weighted by atomic mass is 16.4. The van der Waals surface area contributed by atoms with Gasteiger partial charge in [0.15, 0.2) is 0 Å². The van der Waals surface area contributed by atoms with Gasteiger partial charge in [0.25, 0.3) is 0 Å². The Bertz CT molecular complexity index is 336. The lowest BCUT2D eigenvalue weighted by Gasteiger charge is -2.31. The van der Waals surface area contributed by atoms with Crippen molar-refractivity contribution in [3.05, 3.63) is 0 Å². The van der Waals surface area contributed by atoms with E-state index in [1.54, 1.807) is 4.90 Å². The number of aliphatic carboxylic acids is 1. The summed E-state index contributed by atoms with van der Waals surface area (Å²) in [6.45, 7) is 3.49. The van der Waals surface area contributed by atoms with Crippen LogP contribution in [0.4, 0.5) is 4.79 Å². The van der Waals surface area contributed by atoms with Crippen LogP contribution in [0.25, 0.3) is 0 Å². The molecule has 0 unspecified atom stereocenters. The minimum Gasteiger partial charge on any atom is -0.481 e. The number of amides is 3. The van der Waals surface area contributed by atoms with Gasteiger partial charge < -0.3 is 10.0 Å². The fourth-order valence-electron chi connectivity index (χ4n) is 2.31. The Kier molecular flexibility index (Phi) is 6.32. The molecular formula is C13H22N2O4. The fourth-order valence-corrected chi connectivity index (χ4v) is 2.31. The summed E-state index contributed by atoms with van der Waals surface area (Å²) < 4.78 is 0. The third-order valence-corrected chi connectivity index (χ3v) is 3.41. The molecule has 3 amide bonds. The zero-order chi connectivity index (χ0) is 14.3. The Labute approximate surface area is 113 Å². The van der Waals surface area contributed by atoms with Crippen LogP contribution in [0.3, 0.4) is 0 Å². The maximum absolute atomic E-state index is 11.8. The fraction of sp³-hybridized carbons (Fsp3) is 0.769. The Morgan fingerprint density at radius 1 is 1.21 bits per heavy atom. The highest BCUT2D eigenvalue weighted by Gasteiger charge is 2.23. The van der Waals surface area contributed by atoms with Crippen LogP contribution in [0.5, 0.6) is 0 Å². The molecule has 1 aliphatic heterocycles. The molecule has 1 heterocycles. The molecule has 19 heavy (non-hydrogen) atoms. The van der Waals surface area contributed by atoms with Crippen LogP contribution in [0.15, 0.2) is 0 Å². The summed E-state index contributed by atoms with van der Waals surface area (Å²) in [7, 11) is 0. The number of rotatable bonds is 5. The zero-order valence-corrected chi connectivity index (χ0v) is 11.4. The molecule has 0 aromatic carbocycles. The average Bonchev–Trinajstić information content (AvgIpc) is 2.37. The number of carbonyl (C=O) groups excluding carboxylic acids is 2. The summed E-state index contributed by atoms with van der Waals surface area (Å²) in [4.78, 5) is 35.1. The van der Waals surface area contributed by atoms with Crippen LogP contribution < -0.4 is 5.32 Å². The van der Waals surface area contributed by atoms with Crippen LogP contribution in [0, 0.1) is 5.92 Å². The zero-order valence-electron chi connectivity index (χ0n) is 11.4. The predicted molar refractivity (Wildman–Crippen MR) is 69.6 cm³/mol. The van der Waals surface area contributed by atoms with Gasteiger partial charge in [-0.15, -0.1) is 0 Å². The van der Waals surface area contributed by atoms with E-state index in [-0.39, 0.29) is 12.8 Å². The molecule has 2 N–H and O–H groups in total. The number of nitrogens with one attached hydrogen (secondary N) is 1. The van der Waals surface area contributed by atoms with Crippen molar-refractivity contribution >= 4 is 17.9 Å². The number of likely N-dealkylation sites (tertiary alicyclic amines) is 1. The second-order valence-corrected chi connectivity index (χ2v) is 4.97. The largest absolute Gasteiger partial charge is 0.481 e. The van der Waals surface area contributed by atoms with Gasteiger partial charge in [-0.25, -0.2) is 4.79 Å². The van der Waals surface area contributed by atoms with Crippen molar-refractivity contribution in [3.63, 3.8) is 0 Å². The normalized spacial score (nSPS) is 16.2. The van der Waals surface area contributed by atoms with Crippen molar-refractivity contribution in [1.82, 2.24) is 10.2 Å². The molecule has 6 nitrogen and oxygen atoms in total. The number of hydrogen-bond donors (Lipinski definition) is 2. The van der Waals surface area contributed by atoms with Crippen molar-refractivity contribution in [3.8, 4) is 0 Å². The Morgan fingerprint density at radius 2 is 1.84 bits per heavy atom. The Hall–Kier alpha value is -1.59. The third kappa shape index (κ3) is 5.72. The van der Waals surface area contributed by atoms with E-state index in [1.165, 1.54) is 6.42 Å². The topological polar surface area (TPSA) is 86.7 Å². The van der Waals surface area contributed by atoms with Crippen LogP contribution >= 0.6 is 0 Å². The molecule has 1 rings (SSSR count). The summed E-state index contributed by atoms with van der Waals surface area (Å²) in [5.74, 6) is -0.886. The summed E-state index contributed by atoms with van der Waals surface area (Å²) in [5, 5.41) is 10.7. The number of urea groups is 1. The first-order valence-corrected chi connectivity index (χ1v) is 6.83. The minimum atomic E-state index is -1.04. The molecule has 1 fully saturated rings. The van der Waals surface area contributed by atoms with Gasteiger partial charge in [-0.3, -0.25) is 14.9 Å². The average molecular weight is 270 g/mol. The summed E-state index contributed by atoms with van der Waals surface area (Å²) >= 11 is 0. The monoisotopic (exact) mass is 270 g/mol. The summed E-state index contributed by atoms with van der Waals surface area (Å²) in [6.07, 6.45) is 3.89. The Morgan fingerprint density at radius 3 is 2.37 bits per heavy atom. The Balaban J connectivity index is 2.27. The maximum atomic E-state index is 11.8. The molecule has 108 valence electrons. The van der Waals surface area contributed by atoms with E-state index in [4.69, 9.17) is 5.11 Å². The molecule has 0 radical (unpaired) electrons. The van der Waals surface area contributed by atoms with Gasteiger partial charge in [0.2, 0.25) is 5.91 Å². The van der Waals surface area contributed by atoms with E-state index >= 15 is 0 Å². The molecule has 0 saturated carbocycles. The molecule has 1 aliphatic rings. The first kappa shape index (κ1) is 15.5. The number of carboxylic acid groups (broad SMARTS) is 1. The van der Waals surface area contributed by atoms with Crippen molar-refractivity contribution < 1.29 is 19.5 Å². The number of carbonyl (C=O) groups is 3. The third-order valence-electron chi connectivity index (χ3n) is 3.41. The van der Waals surface area contributed by atoms with E-state index in [9.17, 15) is 14.4 Å². The second-order valence-electron chi connectivity index (χ2n) is 4.97. The number of imide groups is 1. The van der Waals surface area contributed by atoms with Crippen LogP contribution in [-0.2, 0) is 9.59 Å². The van der Waals surface area contributed by atoms with Crippen LogP contribution in [0.1, 0.15) is 45.4 Å². The highest BCUT2D eigenvalue weighted by molar-refractivity contribution is 5.95. The molecule has 0 aliphatic carbocycles. The van der Waals surface area contributed by atoms with Gasteiger partial charge in [-0.2, -0.15) is 0 Å². The van der Waals surface area contributed by atoms with Gasteiger partial charge in [0, 0.05) is 19.5 Å². The molecular weight excluding hydrogens is 248 g/mol. The van der Waals surface area contributed by atoms with Crippen LogP contribution in [-0.4, -0.2) is 41.0 Å². The molecule has 0 bridgehead atoms. The number of piperidine rings is 1. The predicted octanol–water partition coefficient (Wildman–Crippen LogP) is 1.60. The number of nitrogens with zero attached hydrogens (tertiary/aromatic N) is 1. The quantitative estimate of drug-likeness (QED) is 0.794. The van der Waals surface area contributed by atoms with Crippen molar-refractivity contribution in [1.29, 1.82) is 0 Å². The van der Waals surface area contributed by atoms with Crippen LogP contribution in [0.2, 0.25) is 0 Å². The van der Waals surface area contributed by atoms with Gasteiger partial charge in [0.1, 0.15) is 0 Å². The second kappa shape index (κ2) is 7.76. The first-order chi connectivity index (χ1) is 9.02. The summed E-state index contributed by atoms with van der Waals surface area (Å²) in [6, 6.07) is -0.398. The lowest BCUT2D eigenvalue weighted by atomic mass is 9.93. The SMILES string of the molecule is CCCC1CCN(C(=O)NC(=O)CCC(=O)O)CC1. The van der Waals surface area contributed by atoms with Gasteiger partial charge in [0.05, 0.1) is 6.42 Å². The molecule has 0 spiro atoms. The van der Waals surface area contributed by atoms with E-state index in [2.05, 4.69) is 12.2 Å². The maximum Gasteiger partial charge on any atom is 0.324 e. The van der Waals surface area contributed by atoms with Gasteiger partial charge in [-0.05, 0) is 18.8 Å². The lowest BCUT2D eigenvalue weighted by Crippen LogP contribution is -2.46. The number of carboxylic acids is 1. The van der Waals surface area contributed by atoms with E-state index in [1.807, 2.05) is 0 Å². The van der Waals surface area contributed by atoms with E-state index in [0.717, 1.165) is 19.3 Å². The minimum absolute atomic E-state index is 0.159. The smallest absolute Gasteiger partial charge is 0.324 e. The van der Waals surface area contributed by atoms with E-state index in [0.29, 0.717) is 19.0 Å². The highest BCUT2D eigenvalue weighted by Crippen LogP contribution is 2.21. The molecule has 0 aromatic heterocycles. The van der Waals surface area contributed by atoms with Crippen molar-refractivity contribution in [2.75, 3.05) is 13.1 Å². The van der Waals surface area contributed by atoms with Gasteiger partial charge in [-0.1, -0.05) is 19.8 Å². The standard InChI is InChI=1S/C13H22N2O4/c1-2-3-10-6-8-15(9-7-10)13(19)14-11(16)4-5-12(17)18/h10H,2-9H2,1H3,(H,17,18)(H,14,16,19). The van der Waals surface area contributed by atoms with Gasteiger partial charge >= 0.3 is 12.0 Å². The van der Waals surface area contributed by atoms with Crippen molar-refractivity contribution in [2.24, 2.45) is 5.92 Å².